The summed E-state index contributed by atoms with van der Waals surface area (Å²) in [5.74, 6) is -7.67. The molecule has 0 saturated carbocycles. The Balaban J connectivity index is 1.19. The molecule has 8 unspecified atom stereocenters. The Kier molecular flexibility index (Phi) is 35.6. The molecule has 0 heterocycles. The quantitative estimate of drug-likeness (QED) is 0.0134. The molecule has 0 saturated heterocycles. The molecule has 8 aromatic rings. The molecule has 704 valence electrons. The lowest BCUT2D eigenvalue weighted by Gasteiger charge is -2.29. The predicted molar refractivity (Wildman–Crippen MR) is 500 cm³/mol. The van der Waals surface area contributed by atoms with Gasteiger partial charge in [-0.05, 0) is 166 Å². The van der Waals surface area contributed by atoms with Crippen LogP contribution in [0.3, 0.4) is 0 Å². The van der Waals surface area contributed by atoms with Crippen LogP contribution < -0.4 is 61.5 Å². The van der Waals surface area contributed by atoms with Crippen molar-refractivity contribution in [3.05, 3.63) is 259 Å². The SMILES string of the molecule is CC(NC(=O)COc1c2cc(C(C)(C)C)cc1Cc1cc(C(C)(C)C)cc(c1OCC(=O)NC(C)C(=O)NC(C)C(=O)OCc1ccccc1)Cc1cc(C(C)(C)C)cc(c1OCC(=O)NC(C)C(=O)NC(C)C(=O)OCc1ccccc1)Cc1cc(C(C)(C)C)cc(c1OCC(=O)NC(C)C(=O)NC(C)C(=O)OCc1ccccc1)C2)C(=O)NC(C)C(=O)OCc1ccccc1. The van der Waals surface area contributed by atoms with Crippen LogP contribution in [0, 0.1) is 0 Å². The zero-order valence-corrected chi connectivity index (χ0v) is 79.4. The van der Waals surface area contributed by atoms with Crippen molar-refractivity contribution < 1.29 is 95.4 Å². The molecule has 8 aromatic carbocycles. The molecular weight excluding hydrogens is 1680 g/mol. The van der Waals surface area contributed by atoms with Gasteiger partial charge in [-0.1, -0.05) is 253 Å². The third-order valence-electron chi connectivity index (χ3n) is 22.2. The van der Waals surface area contributed by atoms with E-state index in [4.69, 9.17) is 37.9 Å². The Morgan fingerprint density at radius 1 is 0.242 bits per heavy atom. The monoisotopic (exact) mass is 1810 g/mol. The van der Waals surface area contributed by atoms with Crippen LogP contribution >= 0.6 is 0 Å². The predicted octanol–water partition coefficient (Wildman–Crippen LogP) is 12.1. The highest BCUT2D eigenvalue weighted by molar-refractivity contribution is 5.94. The highest BCUT2D eigenvalue weighted by atomic mass is 16.6. The molecule has 0 aromatic heterocycles. The summed E-state index contributed by atoms with van der Waals surface area (Å²) in [6.45, 7) is 33.3. The van der Waals surface area contributed by atoms with Crippen LogP contribution in [-0.2, 0) is 150 Å². The third kappa shape index (κ3) is 30.3. The van der Waals surface area contributed by atoms with E-state index in [1.54, 1.807) is 97.1 Å². The van der Waals surface area contributed by atoms with Crippen LogP contribution in [0.4, 0.5) is 0 Å². The van der Waals surface area contributed by atoms with E-state index in [2.05, 4.69) is 42.5 Å². The van der Waals surface area contributed by atoms with Crippen molar-refractivity contribution in [2.24, 2.45) is 0 Å². The smallest absolute Gasteiger partial charge is 0.328 e. The maximum atomic E-state index is 14.7. The topological polar surface area (TPSA) is 375 Å². The normalized spacial score (nSPS) is 13.8. The second kappa shape index (κ2) is 45.9. The summed E-state index contributed by atoms with van der Waals surface area (Å²) in [7, 11) is 0. The molecule has 28 heteroatoms. The lowest BCUT2D eigenvalue weighted by molar-refractivity contribution is -0.149. The number of esters is 4. The summed E-state index contributed by atoms with van der Waals surface area (Å²) >= 11 is 0. The highest BCUT2D eigenvalue weighted by Crippen LogP contribution is 2.45. The number of hydrogen-bond acceptors (Lipinski definition) is 20. The standard InChI is InChI=1S/C104H128N8O20/c1-61(93(117)109-65(5)97(121)129-53-69-33-25-21-26-34-69)105-85(113)57-125-89-73-41-75-47-82(102(12,13)14)49-77(90(75)126-58-86(114)106-62(2)94(118)110-66(6)98(122)130-54-70-35-27-22-28-36-70)43-79-51-84(104(18,19)20)52-80(92(79)128-60-88(116)108-64(4)96(120)112-68(8)100(124)132-56-72-39-31-24-32-40-72)44-78-50-83(103(15,16)17)48-76(42-74(89)46-81(45-73)101(9,10)11)91(78)127-59-87(115)107-63(3)95(119)111-67(7)99(123)131-55-71-37-29-23-30-38-71/h21-40,45-52,61-68H,41-44,53-60H2,1-20H3,(H,105,113)(H,106,114)(H,107,115)(H,108,116)(H,109,117)(H,110,118)(H,111,119)(H,112,120). The van der Waals surface area contributed by atoms with Gasteiger partial charge in [0.2, 0.25) is 23.6 Å². The summed E-state index contributed by atoms with van der Waals surface area (Å²) in [5, 5.41) is 21.6. The first-order chi connectivity index (χ1) is 62.2. The van der Waals surface area contributed by atoms with E-state index in [-0.39, 0.29) is 75.1 Å². The number of carbonyl (C=O) groups excluding carboxylic acids is 12. The van der Waals surface area contributed by atoms with Crippen molar-refractivity contribution in [3.63, 3.8) is 0 Å². The average Bonchev–Trinajstić information content (AvgIpc) is 0.758. The van der Waals surface area contributed by atoms with Gasteiger partial charge in [-0.15, -0.1) is 0 Å². The maximum absolute atomic E-state index is 14.7. The van der Waals surface area contributed by atoms with E-state index in [0.717, 1.165) is 44.5 Å². The minimum Gasteiger partial charge on any atom is -0.483 e. The van der Waals surface area contributed by atoms with Crippen LogP contribution in [-0.4, -0.2) is 146 Å². The van der Waals surface area contributed by atoms with E-state index in [1.807, 2.05) is 156 Å². The van der Waals surface area contributed by atoms with Crippen molar-refractivity contribution in [2.45, 2.75) is 261 Å². The molecule has 132 heavy (non-hydrogen) atoms. The van der Waals surface area contributed by atoms with E-state index in [9.17, 15) is 57.5 Å². The molecule has 28 nitrogen and oxygen atoms in total. The Morgan fingerprint density at radius 2 is 0.402 bits per heavy atom. The molecule has 8 N–H and O–H groups in total. The van der Waals surface area contributed by atoms with Crippen LogP contribution in [0.2, 0.25) is 0 Å². The van der Waals surface area contributed by atoms with Gasteiger partial charge >= 0.3 is 23.9 Å². The van der Waals surface area contributed by atoms with E-state index in [1.165, 1.54) is 55.4 Å². The fourth-order valence-corrected chi connectivity index (χ4v) is 14.3. The molecule has 8 bridgehead atoms. The largest absolute Gasteiger partial charge is 0.483 e. The van der Waals surface area contributed by atoms with Crippen molar-refractivity contribution >= 4 is 71.1 Å². The van der Waals surface area contributed by atoms with E-state index >= 15 is 0 Å². The van der Waals surface area contributed by atoms with Crippen molar-refractivity contribution in [2.75, 3.05) is 26.4 Å². The zero-order valence-electron chi connectivity index (χ0n) is 79.4. The molecule has 0 spiro atoms. The first-order valence-corrected chi connectivity index (χ1v) is 44.5. The maximum Gasteiger partial charge on any atom is 0.328 e. The molecule has 1 aliphatic carbocycles. The Hall–Kier alpha value is -13.4. The van der Waals surface area contributed by atoms with Crippen molar-refractivity contribution in [1.29, 1.82) is 0 Å². The number of hydrogen-bond donors (Lipinski definition) is 8. The zero-order chi connectivity index (χ0) is 96.7. The van der Waals surface area contributed by atoms with Gasteiger partial charge in [0.15, 0.2) is 26.4 Å². The first-order valence-electron chi connectivity index (χ1n) is 44.5. The summed E-state index contributed by atoms with van der Waals surface area (Å²) in [6, 6.07) is 42.6. The summed E-state index contributed by atoms with van der Waals surface area (Å²) in [4.78, 5) is 168. The van der Waals surface area contributed by atoms with E-state index < -0.39 is 168 Å². The average molecular weight is 1810 g/mol. The number of fused-ring (bicyclic) bond motifs is 8. The molecule has 9 rings (SSSR count). The Labute approximate surface area is 774 Å². The van der Waals surface area contributed by atoms with Crippen LogP contribution in [0.1, 0.15) is 227 Å². The molecule has 0 aliphatic heterocycles. The number of carbonyl (C=O) groups is 12. The van der Waals surface area contributed by atoms with Gasteiger partial charge in [-0.2, -0.15) is 0 Å². The number of nitrogens with one attached hydrogen (secondary N) is 8. The molecular formula is C104H128N8O20. The second-order valence-corrected chi connectivity index (χ2v) is 37.8. The number of ether oxygens (including phenoxy) is 8. The number of benzene rings is 8. The van der Waals surface area contributed by atoms with E-state index in [0.29, 0.717) is 44.5 Å². The summed E-state index contributed by atoms with van der Waals surface area (Å²) in [6.07, 6.45) is -0.213. The lowest BCUT2D eigenvalue weighted by Crippen LogP contribution is -2.50. The van der Waals surface area contributed by atoms with Gasteiger partial charge < -0.3 is 80.4 Å². The minimum atomic E-state index is -1.22. The van der Waals surface area contributed by atoms with Gasteiger partial charge in [-0.25, -0.2) is 19.2 Å². The first kappa shape index (κ1) is 102. The Bertz CT molecular complexity index is 4680. The summed E-state index contributed by atoms with van der Waals surface area (Å²) < 4.78 is 50.0. The van der Waals surface area contributed by atoms with Crippen LogP contribution in [0.25, 0.3) is 0 Å². The Morgan fingerprint density at radius 3 is 0.553 bits per heavy atom. The van der Waals surface area contributed by atoms with Crippen LogP contribution in [0.5, 0.6) is 23.0 Å². The highest BCUT2D eigenvalue weighted by Gasteiger charge is 2.34. The third-order valence-corrected chi connectivity index (χ3v) is 22.2. The molecule has 8 amide bonds. The molecule has 0 fully saturated rings. The van der Waals surface area contributed by atoms with Gasteiger partial charge in [0.05, 0.1) is 0 Å². The van der Waals surface area contributed by atoms with Gasteiger partial charge in [0.25, 0.3) is 23.6 Å². The molecule has 1 aliphatic rings. The molecule has 8 atom stereocenters. The fourth-order valence-electron chi connectivity index (χ4n) is 14.3. The van der Waals surface area contributed by atoms with Crippen LogP contribution in [0.15, 0.2) is 170 Å². The lowest BCUT2D eigenvalue weighted by atomic mass is 9.79. The molecule has 0 radical (unpaired) electrons. The minimum absolute atomic E-state index is 0.0369. The van der Waals surface area contributed by atoms with Crippen molar-refractivity contribution in [1.82, 2.24) is 42.5 Å². The summed E-state index contributed by atoms with van der Waals surface area (Å²) in [5.41, 5.74) is 7.67. The fraction of sp³-hybridized carbons (Fsp3) is 0.423. The van der Waals surface area contributed by atoms with Gasteiger partial charge in [0.1, 0.15) is 97.8 Å². The van der Waals surface area contributed by atoms with Gasteiger partial charge in [0, 0.05) is 25.7 Å². The number of amides is 8. The van der Waals surface area contributed by atoms with Gasteiger partial charge in [-0.3, -0.25) is 38.4 Å². The van der Waals surface area contributed by atoms with Crippen molar-refractivity contribution in [3.8, 4) is 23.0 Å². The second-order valence-electron chi connectivity index (χ2n) is 37.8. The number of rotatable bonds is 36.